The Bertz CT molecular complexity index is 373. The first-order chi connectivity index (χ1) is 8.34. The predicted octanol–water partition coefficient (Wildman–Crippen LogP) is 2.25. The summed E-state index contributed by atoms with van der Waals surface area (Å²) < 4.78 is 5.59. The zero-order valence-corrected chi connectivity index (χ0v) is 11.2. The maximum atomic E-state index is 5.59. The SMILES string of the molecule is CNC1(c2nc3c(s2)CCC3)CCCOCC1. The van der Waals surface area contributed by atoms with Crippen molar-refractivity contribution >= 4 is 11.3 Å². The average molecular weight is 252 g/mol. The number of rotatable bonds is 2. The molecule has 1 aromatic rings. The molecule has 17 heavy (non-hydrogen) atoms. The van der Waals surface area contributed by atoms with Crippen LogP contribution >= 0.6 is 11.3 Å². The van der Waals surface area contributed by atoms with Gasteiger partial charge in [0.05, 0.1) is 11.2 Å². The lowest BCUT2D eigenvalue weighted by atomic mass is 9.91. The number of aromatic nitrogens is 1. The van der Waals surface area contributed by atoms with Gasteiger partial charge in [-0.05, 0) is 45.6 Å². The van der Waals surface area contributed by atoms with E-state index in [2.05, 4.69) is 12.4 Å². The van der Waals surface area contributed by atoms with Crippen molar-refractivity contribution in [2.24, 2.45) is 0 Å². The molecule has 94 valence electrons. The van der Waals surface area contributed by atoms with E-state index >= 15 is 0 Å². The van der Waals surface area contributed by atoms with Crippen LogP contribution in [0.15, 0.2) is 0 Å². The smallest absolute Gasteiger partial charge is 0.113 e. The van der Waals surface area contributed by atoms with E-state index in [4.69, 9.17) is 9.72 Å². The van der Waals surface area contributed by atoms with Crippen LogP contribution in [0, 0.1) is 0 Å². The highest BCUT2D eigenvalue weighted by molar-refractivity contribution is 7.12. The number of nitrogens with one attached hydrogen (secondary N) is 1. The molecule has 0 aromatic carbocycles. The third kappa shape index (κ3) is 2.02. The Labute approximate surface area is 107 Å². The molecule has 1 aliphatic heterocycles. The number of hydrogen-bond donors (Lipinski definition) is 1. The number of hydrogen-bond acceptors (Lipinski definition) is 4. The fourth-order valence-electron chi connectivity index (χ4n) is 2.92. The van der Waals surface area contributed by atoms with Crippen molar-refractivity contribution in [3.05, 3.63) is 15.6 Å². The average Bonchev–Trinajstić information content (AvgIpc) is 2.84. The largest absolute Gasteiger partial charge is 0.381 e. The Kier molecular flexibility index (Phi) is 3.19. The highest BCUT2D eigenvalue weighted by atomic mass is 32.1. The van der Waals surface area contributed by atoms with Crippen LogP contribution in [0.4, 0.5) is 0 Å². The lowest BCUT2D eigenvalue weighted by molar-refractivity contribution is 0.137. The summed E-state index contributed by atoms with van der Waals surface area (Å²) >= 11 is 1.93. The van der Waals surface area contributed by atoms with E-state index in [-0.39, 0.29) is 5.54 Å². The summed E-state index contributed by atoms with van der Waals surface area (Å²) in [6.07, 6.45) is 7.05. The number of aryl methyl sites for hydroxylation is 2. The predicted molar refractivity (Wildman–Crippen MR) is 69.5 cm³/mol. The second-order valence-electron chi connectivity index (χ2n) is 5.04. The van der Waals surface area contributed by atoms with Crippen LogP contribution in [0.5, 0.6) is 0 Å². The van der Waals surface area contributed by atoms with Gasteiger partial charge in [0.25, 0.3) is 0 Å². The Morgan fingerprint density at radius 3 is 3.00 bits per heavy atom. The second-order valence-corrected chi connectivity index (χ2v) is 6.12. The van der Waals surface area contributed by atoms with Gasteiger partial charge >= 0.3 is 0 Å². The maximum absolute atomic E-state index is 5.59. The van der Waals surface area contributed by atoms with Crippen LogP contribution in [-0.2, 0) is 23.1 Å². The van der Waals surface area contributed by atoms with Gasteiger partial charge in [0, 0.05) is 18.1 Å². The fourth-order valence-corrected chi connectivity index (χ4v) is 4.32. The summed E-state index contributed by atoms with van der Waals surface area (Å²) in [5.41, 5.74) is 1.44. The van der Waals surface area contributed by atoms with Gasteiger partial charge in [-0.25, -0.2) is 4.98 Å². The molecule has 2 aliphatic rings. The second kappa shape index (κ2) is 4.67. The first kappa shape index (κ1) is 11.6. The monoisotopic (exact) mass is 252 g/mol. The first-order valence-electron chi connectivity index (χ1n) is 6.60. The Balaban J connectivity index is 1.92. The topological polar surface area (TPSA) is 34.2 Å². The Hall–Kier alpha value is -0.450. The zero-order valence-electron chi connectivity index (χ0n) is 10.4. The Morgan fingerprint density at radius 2 is 2.18 bits per heavy atom. The van der Waals surface area contributed by atoms with Crippen LogP contribution in [0.25, 0.3) is 0 Å². The van der Waals surface area contributed by atoms with Crippen LogP contribution in [0.2, 0.25) is 0 Å². The zero-order chi connectivity index (χ0) is 11.7. The minimum absolute atomic E-state index is 0.0749. The van der Waals surface area contributed by atoms with E-state index in [1.54, 1.807) is 0 Å². The molecule has 1 atom stereocenters. The van der Waals surface area contributed by atoms with E-state index < -0.39 is 0 Å². The first-order valence-corrected chi connectivity index (χ1v) is 7.41. The van der Waals surface area contributed by atoms with Gasteiger partial charge in [0.2, 0.25) is 0 Å². The summed E-state index contributed by atoms with van der Waals surface area (Å²) in [7, 11) is 2.07. The molecule has 1 fully saturated rings. The van der Waals surface area contributed by atoms with Crippen molar-refractivity contribution in [2.45, 2.75) is 44.1 Å². The fraction of sp³-hybridized carbons (Fsp3) is 0.769. The number of ether oxygens (including phenoxy) is 1. The van der Waals surface area contributed by atoms with Crippen LogP contribution in [-0.4, -0.2) is 25.2 Å². The molecule has 1 aromatic heterocycles. The number of thiazole rings is 1. The minimum Gasteiger partial charge on any atom is -0.381 e. The third-order valence-electron chi connectivity index (χ3n) is 4.05. The maximum Gasteiger partial charge on any atom is 0.113 e. The van der Waals surface area contributed by atoms with Crippen molar-refractivity contribution in [1.82, 2.24) is 10.3 Å². The van der Waals surface area contributed by atoms with Gasteiger partial charge in [-0.1, -0.05) is 0 Å². The van der Waals surface area contributed by atoms with E-state index in [0.717, 1.165) is 32.5 Å². The van der Waals surface area contributed by atoms with E-state index in [9.17, 15) is 0 Å². The molecule has 1 unspecified atom stereocenters. The molecule has 0 bridgehead atoms. The van der Waals surface area contributed by atoms with Crippen LogP contribution in [0.3, 0.4) is 0 Å². The van der Waals surface area contributed by atoms with Crippen LogP contribution in [0.1, 0.15) is 41.3 Å². The molecule has 1 aliphatic carbocycles. The van der Waals surface area contributed by atoms with Crippen molar-refractivity contribution in [3.63, 3.8) is 0 Å². The molecular weight excluding hydrogens is 232 g/mol. The number of fused-ring (bicyclic) bond motifs is 1. The highest BCUT2D eigenvalue weighted by Crippen LogP contribution is 2.38. The third-order valence-corrected chi connectivity index (χ3v) is 5.41. The normalized spacial score (nSPS) is 29.0. The van der Waals surface area contributed by atoms with Crippen molar-refractivity contribution in [1.29, 1.82) is 0 Å². The van der Waals surface area contributed by atoms with Gasteiger partial charge in [-0.2, -0.15) is 0 Å². The van der Waals surface area contributed by atoms with Crippen molar-refractivity contribution in [2.75, 3.05) is 20.3 Å². The Morgan fingerprint density at radius 1 is 1.24 bits per heavy atom. The molecule has 0 saturated carbocycles. The minimum atomic E-state index is 0.0749. The standard InChI is InChI=1S/C13H20N2OS/c1-14-13(6-3-8-16-9-7-13)12-15-10-4-2-5-11(10)17-12/h14H,2-9H2,1H3. The molecule has 0 spiro atoms. The van der Waals surface area contributed by atoms with Gasteiger partial charge in [0.15, 0.2) is 0 Å². The van der Waals surface area contributed by atoms with Crippen molar-refractivity contribution in [3.8, 4) is 0 Å². The van der Waals surface area contributed by atoms with Gasteiger partial charge in [-0.15, -0.1) is 11.3 Å². The lowest BCUT2D eigenvalue weighted by Gasteiger charge is -2.29. The molecule has 4 heteroatoms. The van der Waals surface area contributed by atoms with E-state index in [1.165, 1.54) is 34.8 Å². The van der Waals surface area contributed by atoms with E-state index in [1.807, 2.05) is 11.3 Å². The lowest BCUT2D eigenvalue weighted by Crippen LogP contribution is -2.40. The highest BCUT2D eigenvalue weighted by Gasteiger charge is 2.35. The van der Waals surface area contributed by atoms with Gasteiger partial charge in [0.1, 0.15) is 5.01 Å². The molecule has 3 nitrogen and oxygen atoms in total. The number of nitrogens with zero attached hydrogens (tertiary/aromatic N) is 1. The molecular formula is C13H20N2OS. The molecule has 1 saturated heterocycles. The van der Waals surface area contributed by atoms with Crippen LogP contribution < -0.4 is 5.32 Å². The molecule has 1 N–H and O–H groups in total. The van der Waals surface area contributed by atoms with Crippen molar-refractivity contribution < 1.29 is 4.74 Å². The molecule has 2 heterocycles. The van der Waals surface area contributed by atoms with E-state index in [0.29, 0.717) is 0 Å². The van der Waals surface area contributed by atoms with Gasteiger partial charge in [-0.3, -0.25) is 0 Å². The summed E-state index contributed by atoms with van der Waals surface area (Å²) in [6.45, 7) is 1.75. The summed E-state index contributed by atoms with van der Waals surface area (Å²) in [4.78, 5) is 6.43. The van der Waals surface area contributed by atoms with Gasteiger partial charge < -0.3 is 10.1 Å². The summed E-state index contributed by atoms with van der Waals surface area (Å²) in [5.74, 6) is 0. The molecule has 0 amide bonds. The molecule has 3 rings (SSSR count). The molecule has 0 radical (unpaired) electrons. The summed E-state index contributed by atoms with van der Waals surface area (Å²) in [6, 6.07) is 0. The summed E-state index contributed by atoms with van der Waals surface area (Å²) in [5, 5.41) is 4.83. The quantitative estimate of drug-likeness (QED) is 0.876.